The Morgan fingerprint density at radius 2 is 1.56 bits per heavy atom. The summed E-state index contributed by atoms with van der Waals surface area (Å²) in [6, 6.07) is 8.82. The summed E-state index contributed by atoms with van der Waals surface area (Å²) >= 11 is 0. The molecule has 0 N–H and O–H groups in total. The number of ether oxygens (including phenoxy) is 1. The molecule has 10 nitrogen and oxygen atoms in total. The van der Waals surface area contributed by atoms with Crippen molar-refractivity contribution < 1.29 is 32.0 Å². The van der Waals surface area contributed by atoms with Crippen LogP contribution in [0.2, 0.25) is 0 Å². The average molecular weight is 518 g/mol. The molecule has 3 heterocycles. The highest BCUT2D eigenvalue weighted by Gasteiger charge is 2.32. The van der Waals surface area contributed by atoms with Crippen LogP contribution in [0.5, 0.6) is 0 Å². The number of piperidine rings is 1. The van der Waals surface area contributed by atoms with E-state index in [9.17, 15) is 22.8 Å². The highest BCUT2D eigenvalue weighted by atomic mass is 32.2. The van der Waals surface area contributed by atoms with Gasteiger partial charge < -0.3 is 19.0 Å². The van der Waals surface area contributed by atoms with Gasteiger partial charge in [-0.25, -0.2) is 13.2 Å². The summed E-state index contributed by atoms with van der Waals surface area (Å²) in [6.07, 6.45) is 2.43. The molecule has 2 aliphatic heterocycles. The standard InChI is InChI=1S/C25H31N3O7S/c1-18-14-19(2)16-28(15-18)36(32,33)21-7-5-20(6-8-21)25(31)35-17-23(29)26-9-11-27(12-10-26)24(30)22-4-3-13-34-22/h3-8,13,18-19H,9-12,14-17H2,1-2H3/t18-,19-/m1/s1. The first kappa shape index (κ1) is 25.9. The van der Waals surface area contributed by atoms with E-state index in [2.05, 4.69) is 0 Å². The van der Waals surface area contributed by atoms with Crippen molar-refractivity contribution in [2.45, 2.75) is 25.2 Å². The number of esters is 1. The monoisotopic (exact) mass is 517 g/mol. The number of rotatable bonds is 6. The van der Waals surface area contributed by atoms with Gasteiger partial charge >= 0.3 is 5.97 Å². The van der Waals surface area contributed by atoms with Crippen LogP contribution < -0.4 is 0 Å². The zero-order valence-electron chi connectivity index (χ0n) is 20.5. The first-order valence-electron chi connectivity index (χ1n) is 12.0. The van der Waals surface area contributed by atoms with E-state index in [-0.39, 0.29) is 39.9 Å². The molecule has 11 heteroatoms. The molecule has 1 aromatic carbocycles. The van der Waals surface area contributed by atoms with Crippen LogP contribution in [0.3, 0.4) is 0 Å². The second-order valence-corrected chi connectivity index (χ2v) is 11.5. The number of nitrogens with zero attached hydrogens (tertiary/aromatic N) is 3. The predicted molar refractivity (Wildman–Crippen MR) is 130 cm³/mol. The Morgan fingerprint density at radius 1 is 0.944 bits per heavy atom. The van der Waals surface area contributed by atoms with Crippen LogP contribution in [0.15, 0.2) is 52.0 Å². The number of hydrogen-bond acceptors (Lipinski definition) is 7. The van der Waals surface area contributed by atoms with Crippen LogP contribution >= 0.6 is 0 Å². The molecule has 2 aliphatic rings. The number of carbonyl (C=O) groups is 3. The van der Waals surface area contributed by atoms with Gasteiger partial charge in [-0.3, -0.25) is 9.59 Å². The number of piperazine rings is 1. The molecule has 1 aromatic heterocycles. The van der Waals surface area contributed by atoms with Crippen LogP contribution in [-0.2, 0) is 19.6 Å². The molecule has 2 fully saturated rings. The van der Waals surface area contributed by atoms with Gasteiger partial charge in [0, 0.05) is 39.3 Å². The summed E-state index contributed by atoms with van der Waals surface area (Å²) in [5.41, 5.74) is 0.163. The molecular formula is C25H31N3O7S. The van der Waals surface area contributed by atoms with Crippen molar-refractivity contribution in [1.82, 2.24) is 14.1 Å². The minimum Gasteiger partial charge on any atom is -0.459 e. The first-order valence-corrected chi connectivity index (χ1v) is 13.5. The molecule has 2 amide bonds. The quantitative estimate of drug-likeness (QED) is 0.539. The van der Waals surface area contributed by atoms with Gasteiger partial charge in [-0.05, 0) is 54.7 Å². The second kappa shape index (κ2) is 10.8. The van der Waals surface area contributed by atoms with Gasteiger partial charge in [0.05, 0.1) is 16.7 Å². The summed E-state index contributed by atoms with van der Waals surface area (Å²) < 4.78 is 37.8. The van der Waals surface area contributed by atoms with Crippen molar-refractivity contribution in [1.29, 1.82) is 0 Å². The number of sulfonamides is 1. The van der Waals surface area contributed by atoms with Gasteiger partial charge in [0.2, 0.25) is 10.0 Å². The van der Waals surface area contributed by atoms with Crippen LogP contribution in [0.25, 0.3) is 0 Å². The first-order chi connectivity index (χ1) is 17.1. The number of benzene rings is 1. The molecule has 0 unspecified atom stereocenters. The van der Waals surface area contributed by atoms with Crippen molar-refractivity contribution in [2.24, 2.45) is 11.8 Å². The highest BCUT2D eigenvalue weighted by Crippen LogP contribution is 2.26. The van der Waals surface area contributed by atoms with E-state index in [1.54, 1.807) is 17.0 Å². The molecular weight excluding hydrogens is 486 g/mol. The van der Waals surface area contributed by atoms with Crippen molar-refractivity contribution in [2.75, 3.05) is 45.9 Å². The molecule has 2 saturated heterocycles. The number of hydrogen-bond donors (Lipinski definition) is 0. The van der Waals surface area contributed by atoms with Crippen LogP contribution in [0, 0.1) is 11.8 Å². The van der Waals surface area contributed by atoms with Crippen molar-refractivity contribution >= 4 is 27.8 Å². The molecule has 0 aliphatic carbocycles. The maximum Gasteiger partial charge on any atom is 0.338 e. The third kappa shape index (κ3) is 5.79. The number of furan rings is 1. The highest BCUT2D eigenvalue weighted by molar-refractivity contribution is 7.89. The van der Waals surface area contributed by atoms with E-state index in [4.69, 9.17) is 9.15 Å². The largest absolute Gasteiger partial charge is 0.459 e. The fourth-order valence-corrected chi connectivity index (χ4v) is 6.41. The topological polar surface area (TPSA) is 117 Å². The Hall–Kier alpha value is -3.18. The van der Waals surface area contributed by atoms with Crippen LogP contribution in [0.4, 0.5) is 0 Å². The van der Waals surface area contributed by atoms with Crippen molar-refractivity contribution in [3.63, 3.8) is 0 Å². The van der Waals surface area contributed by atoms with E-state index in [1.807, 2.05) is 13.8 Å². The summed E-state index contributed by atoms with van der Waals surface area (Å²) in [5, 5.41) is 0. The molecule has 0 radical (unpaired) electrons. The van der Waals surface area contributed by atoms with E-state index >= 15 is 0 Å². The number of carbonyl (C=O) groups excluding carboxylic acids is 3. The molecule has 0 spiro atoms. The predicted octanol–water partition coefficient (Wildman–Crippen LogP) is 2.09. The lowest BCUT2D eigenvalue weighted by Crippen LogP contribution is -2.51. The summed E-state index contributed by atoms with van der Waals surface area (Å²) in [6.45, 7) is 5.94. The van der Waals surface area contributed by atoms with E-state index < -0.39 is 22.6 Å². The number of amides is 2. The van der Waals surface area contributed by atoms with Crippen molar-refractivity contribution in [3.8, 4) is 0 Å². The van der Waals surface area contributed by atoms with Gasteiger partial charge in [-0.1, -0.05) is 13.8 Å². The molecule has 0 saturated carbocycles. The maximum atomic E-state index is 13.0. The summed E-state index contributed by atoms with van der Waals surface area (Å²) in [5.74, 6) is -0.472. The smallest absolute Gasteiger partial charge is 0.338 e. The normalized spacial score (nSPS) is 21.3. The lowest BCUT2D eigenvalue weighted by molar-refractivity contribution is -0.136. The molecule has 2 atom stereocenters. The lowest BCUT2D eigenvalue weighted by Gasteiger charge is -2.34. The third-order valence-electron chi connectivity index (χ3n) is 6.54. The lowest BCUT2D eigenvalue weighted by atomic mass is 9.94. The van der Waals surface area contributed by atoms with E-state index in [0.717, 1.165) is 6.42 Å². The molecule has 0 bridgehead atoms. The maximum absolute atomic E-state index is 13.0. The van der Waals surface area contributed by atoms with E-state index in [1.165, 1.54) is 39.7 Å². The third-order valence-corrected chi connectivity index (χ3v) is 8.39. The van der Waals surface area contributed by atoms with E-state index in [0.29, 0.717) is 39.3 Å². The minimum absolute atomic E-state index is 0.124. The molecule has 36 heavy (non-hydrogen) atoms. The van der Waals surface area contributed by atoms with Gasteiger partial charge in [0.15, 0.2) is 12.4 Å². The Balaban J connectivity index is 1.27. The average Bonchev–Trinajstić information content (AvgIpc) is 3.41. The zero-order valence-corrected chi connectivity index (χ0v) is 21.3. The van der Waals surface area contributed by atoms with Gasteiger partial charge in [-0.2, -0.15) is 4.31 Å². The molecule has 4 rings (SSSR count). The van der Waals surface area contributed by atoms with Gasteiger partial charge in [0.25, 0.3) is 11.8 Å². The molecule has 194 valence electrons. The SMILES string of the molecule is C[C@@H]1C[C@@H](C)CN(S(=O)(=O)c2ccc(C(=O)OCC(=O)N3CCN(C(=O)c4ccco4)CC3)cc2)C1. The van der Waals surface area contributed by atoms with Crippen LogP contribution in [0.1, 0.15) is 41.2 Å². The van der Waals surface area contributed by atoms with Crippen molar-refractivity contribution in [3.05, 3.63) is 54.0 Å². The second-order valence-electron chi connectivity index (χ2n) is 9.52. The van der Waals surface area contributed by atoms with Gasteiger partial charge in [-0.15, -0.1) is 0 Å². The summed E-state index contributed by atoms with van der Waals surface area (Å²) in [4.78, 5) is 40.5. The fraction of sp³-hybridized carbons (Fsp3) is 0.480. The Kier molecular flexibility index (Phi) is 7.79. The van der Waals surface area contributed by atoms with Crippen LogP contribution in [-0.4, -0.2) is 86.2 Å². The Labute approximate surface area is 210 Å². The fourth-order valence-electron chi connectivity index (χ4n) is 4.73. The van der Waals surface area contributed by atoms with Gasteiger partial charge in [0.1, 0.15) is 0 Å². The Bertz CT molecular complexity index is 1180. The summed E-state index contributed by atoms with van der Waals surface area (Å²) in [7, 11) is -3.65. The minimum atomic E-state index is -3.65. The molecule has 2 aromatic rings. The Morgan fingerprint density at radius 3 is 2.14 bits per heavy atom. The zero-order chi connectivity index (χ0) is 25.9.